The van der Waals surface area contributed by atoms with Gasteiger partial charge in [-0.05, 0) is 22.0 Å². The van der Waals surface area contributed by atoms with Crippen LogP contribution < -0.4 is 5.73 Å². The van der Waals surface area contributed by atoms with Gasteiger partial charge in [-0.1, -0.05) is 11.6 Å². The topological polar surface area (TPSA) is 52.0 Å². The second-order valence-electron chi connectivity index (χ2n) is 2.70. The number of hydrogen-bond donors (Lipinski definition) is 1. The van der Waals surface area contributed by atoms with Crippen molar-refractivity contribution >= 4 is 33.2 Å². The van der Waals surface area contributed by atoms with Gasteiger partial charge in [0.05, 0.1) is 22.7 Å². The largest absolute Gasteiger partial charge is 0.472 e. The summed E-state index contributed by atoms with van der Waals surface area (Å²) in [6, 6.07) is 1.81. The number of nitrogens with two attached hydrogens (primary N) is 1. The molecule has 0 unspecified atom stereocenters. The summed E-state index contributed by atoms with van der Waals surface area (Å²) < 4.78 is 5.57. The van der Waals surface area contributed by atoms with Gasteiger partial charge in [-0.25, -0.2) is 4.98 Å². The highest BCUT2D eigenvalue weighted by molar-refractivity contribution is 9.10. The Morgan fingerprint density at radius 2 is 2.29 bits per heavy atom. The first kappa shape index (κ1) is 9.55. The fourth-order valence-corrected chi connectivity index (χ4v) is 1.59. The molecule has 0 aliphatic heterocycles. The second kappa shape index (κ2) is 3.63. The van der Waals surface area contributed by atoms with Crippen molar-refractivity contribution in [1.29, 1.82) is 0 Å². The van der Waals surface area contributed by atoms with E-state index in [4.69, 9.17) is 21.8 Å². The third-order valence-electron chi connectivity index (χ3n) is 1.85. The van der Waals surface area contributed by atoms with Gasteiger partial charge in [0.15, 0.2) is 0 Å². The number of halogens is 2. The van der Waals surface area contributed by atoms with Crippen molar-refractivity contribution in [3.05, 3.63) is 34.4 Å². The van der Waals surface area contributed by atoms with Gasteiger partial charge in [-0.2, -0.15) is 0 Å². The molecule has 72 valence electrons. The van der Waals surface area contributed by atoms with E-state index >= 15 is 0 Å². The van der Waals surface area contributed by atoms with Crippen molar-refractivity contribution in [2.24, 2.45) is 0 Å². The summed E-state index contributed by atoms with van der Waals surface area (Å²) in [5.74, 6) is 0. The van der Waals surface area contributed by atoms with Gasteiger partial charge in [0.25, 0.3) is 0 Å². The van der Waals surface area contributed by atoms with E-state index in [9.17, 15) is 0 Å². The molecule has 0 saturated carbocycles. The number of pyridine rings is 1. The smallest absolute Gasteiger partial charge is 0.145 e. The van der Waals surface area contributed by atoms with E-state index in [1.165, 1.54) is 0 Å². The molecule has 5 heteroatoms. The maximum absolute atomic E-state index is 5.86. The molecule has 0 aliphatic rings. The molecule has 14 heavy (non-hydrogen) atoms. The molecule has 0 spiro atoms. The monoisotopic (exact) mass is 272 g/mol. The van der Waals surface area contributed by atoms with Crippen LogP contribution in [0.2, 0.25) is 5.15 Å². The lowest BCUT2D eigenvalue weighted by Gasteiger charge is -2.05. The van der Waals surface area contributed by atoms with Crippen LogP contribution in [0.3, 0.4) is 0 Å². The zero-order chi connectivity index (χ0) is 10.1. The molecular formula is C9H6BrClN2O. The third-order valence-corrected chi connectivity index (χ3v) is 3.16. The quantitative estimate of drug-likeness (QED) is 0.811. The Hall–Kier alpha value is -1.00. The van der Waals surface area contributed by atoms with Crippen molar-refractivity contribution in [2.45, 2.75) is 0 Å². The Labute approximate surface area is 94.0 Å². The Kier molecular flexibility index (Phi) is 2.48. The number of furan rings is 1. The predicted molar refractivity (Wildman–Crippen MR) is 59.1 cm³/mol. The van der Waals surface area contributed by atoms with Crippen molar-refractivity contribution in [1.82, 2.24) is 4.98 Å². The van der Waals surface area contributed by atoms with Crippen LogP contribution in [0.4, 0.5) is 5.69 Å². The lowest BCUT2D eigenvalue weighted by molar-refractivity contribution is 0.568. The van der Waals surface area contributed by atoms with Gasteiger partial charge in [0.1, 0.15) is 5.15 Å². The third kappa shape index (κ3) is 1.51. The number of nitrogen functional groups attached to an aromatic ring is 1. The molecule has 2 aromatic heterocycles. The molecule has 0 saturated heterocycles. The Morgan fingerprint density at radius 3 is 2.93 bits per heavy atom. The van der Waals surface area contributed by atoms with E-state index in [2.05, 4.69) is 20.9 Å². The summed E-state index contributed by atoms with van der Waals surface area (Å²) in [4.78, 5) is 3.99. The molecule has 0 bridgehead atoms. The molecule has 0 fully saturated rings. The minimum atomic E-state index is 0.356. The average molecular weight is 274 g/mol. The Balaban J connectivity index is 2.61. The van der Waals surface area contributed by atoms with Gasteiger partial charge in [-0.15, -0.1) is 0 Å². The number of rotatable bonds is 1. The van der Waals surface area contributed by atoms with Gasteiger partial charge < -0.3 is 10.2 Å². The molecule has 3 nitrogen and oxygen atoms in total. The molecule has 2 N–H and O–H groups in total. The summed E-state index contributed by atoms with van der Waals surface area (Å²) in [5.41, 5.74) is 8.11. The SMILES string of the molecule is Nc1c(-c2ccoc2)cnc(Cl)c1Br. The molecular weight excluding hydrogens is 267 g/mol. The van der Waals surface area contributed by atoms with Gasteiger partial charge in [-0.3, -0.25) is 0 Å². The Bertz CT molecular complexity index is 456. The molecule has 0 atom stereocenters. The fraction of sp³-hybridized carbons (Fsp3) is 0. The van der Waals surface area contributed by atoms with Gasteiger partial charge >= 0.3 is 0 Å². The molecule has 2 aromatic rings. The minimum absolute atomic E-state index is 0.356. The van der Waals surface area contributed by atoms with E-state index in [0.717, 1.165) is 11.1 Å². The van der Waals surface area contributed by atoms with E-state index in [1.54, 1.807) is 18.7 Å². The van der Waals surface area contributed by atoms with Crippen LogP contribution in [0.15, 0.2) is 33.7 Å². The summed E-state index contributed by atoms with van der Waals surface area (Å²) in [7, 11) is 0. The highest BCUT2D eigenvalue weighted by atomic mass is 79.9. The molecule has 0 radical (unpaired) electrons. The number of nitrogens with zero attached hydrogens (tertiary/aromatic N) is 1. The van der Waals surface area contributed by atoms with Crippen molar-refractivity contribution in [2.75, 3.05) is 5.73 Å². The first-order valence-corrected chi connectivity index (χ1v) is 4.99. The van der Waals surface area contributed by atoms with Crippen LogP contribution in [-0.4, -0.2) is 4.98 Å². The molecule has 0 amide bonds. The molecule has 0 aliphatic carbocycles. The van der Waals surface area contributed by atoms with Crippen LogP contribution in [0, 0.1) is 0 Å². The lowest BCUT2D eigenvalue weighted by Crippen LogP contribution is -1.93. The van der Waals surface area contributed by atoms with E-state index < -0.39 is 0 Å². The van der Waals surface area contributed by atoms with Crippen LogP contribution in [0.1, 0.15) is 0 Å². The van der Waals surface area contributed by atoms with E-state index in [-0.39, 0.29) is 0 Å². The summed E-state index contributed by atoms with van der Waals surface area (Å²) >= 11 is 9.05. The number of aromatic nitrogens is 1. The molecule has 0 aromatic carbocycles. The lowest BCUT2D eigenvalue weighted by atomic mass is 10.1. The number of hydrogen-bond acceptors (Lipinski definition) is 3. The van der Waals surface area contributed by atoms with Gasteiger partial charge in [0, 0.05) is 17.3 Å². The van der Waals surface area contributed by atoms with Crippen LogP contribution in [-0.2, 0) is 0 Å². The highest BCUT2D eigenvalue weighted by Crippen LogP contribution is 2.34. The zero-order valence-corrected chi connectivity index (χ0v) is 9.34. The van der Waals surface area contributed by atoms with Gasteiger partial charge in [0.2, 0.25) is 0 Å². The van der Waals surface area contributed by atoms with E-state index in [0.29, 0.717) is 15.3 Å². The van der Waals surface area contributed by atoms with Crippen molar-refractivity contribution in [3.8, 4) is 11.1 Å². The minimum Gasteiger partial charge on any atom is -0.472 e. The second-order valence-corrected chi connectivity index (χ2v) is 3.85. The van der Waals surface area contributed by atoms with E-state index in [1.807, 2.05) is 6.07 Å². The average Bonchev–Trinajstić information content (AvgIpc) is 2.67. The zero-order valence-electron chi connectivity index (χ0n) is 7.00. The van der Waals surface area contributed by atoms with Crippen LogP contribution in [0.5, 0.6) is 0 Å². The first-order chi connectivity index (χ1) is 6.70. The van der Waals surface area contributed by atoms with Crippen LogP contribution in [0.25, 0.3) is 11.1 Å². The van der Waals surface area contributed by atoms with Crippen LogP contribution >= 0.6 is 27.5 Å². The summed E-state index contributed by atoms with van der Waals surface area (Å²) in [5, 5.41) is 0.356. The standard InChI is InChI=1S/C9H6BrClN2O/c10-7-8(12)6(3-13-9(7)11)5-1-2-14-4-5/h1-4H,(H2,12,13). The predicted octanol–water partition coefficient (Wildman–Crippen LogP) is 3.34. The highest BCUT2D eigenvalue weighted by Gasteiger charge is 2.10. The maximum Gasteiger partial charge on any atom is 0.145 e. The number of anilines is 1. The Morgan fingerprint density at radius 1 is 1.50 bits per heavy atom. The molecule has 2 heterocycles. The summed E-state index contributed by atoms with van der Waals surface area (Å²) in [6.07, 6.45) is 4.80. The summed E-state index contributed by atoms with van der Waals surface area (Å²) in [6.45, 7) is 0. The molecule has 2 rings (SSSR count). The first-order valence-electron chi connectivity index (χ1n) is 3.82. The van der Waals surface area contributed by atoms with Crippen molar-refractivity contribution < 1.29 is 4.42 Å². The van der Waals surface area contributed by atoms with Crippen molar-refractivity contribution in [3.63, 3.8) is 0 Å². The normalized spacial score (nSPS) is 10.4. The fourth-order valence-electron chi connectivity index (χ4n) is 1.12. The maximum atomic E-state index is 5.86.